The topological polar surface area (TPSA) is 26.3 Å². The lowest BCUT2D eigenvalue weighted by atomic mass is 10.1. The Morgan fingerprint density at radius 3 is 2.15 bits per heavy atom. The number of carbonyl (C=O) groups excluding carboxylic acids is 1. The molecule has 2 nitrogen and oxygen atoms in total. The largest absolute Gasteiger partial charge is 0.465 e. The SMILES string of the molecule is COC(=O)c1c(Br)cc(C)cc1Br. The van der Waals surface area contributed by atoms with Crippen molar-refractivity contribution in [3.63, 3.8) is 0 Å². The van der Waals surface area contributed by atoms with Crippen LogP contribution >= 0.6 is 31.9 Å². The molecule has 13 heavy (non-hydrogen) atoms. The number of ether oxygens (including phenoxy) is 1. The highest BCUT2D eigenvalue weighted by Gasteiger charge is 2.14. The van der Waals surface area contributed by atoms with Crippen LogP contribution in [-0.2, 0) is 4.74 Å². The van der Waals surface area contributed by atoms with Gasteiger partial charge in [-0.2, -0.15) is 0 Å². The molecule has 0 atom stereocenters. The molecule has 0 aliphatic carbocycles. The lowest BCUT2D eigenvalue weighted by molar-refractivity contribution is 0.0598. The van der Waals surface area contributed by atoms with Gasteiger partial charge in [-0.3, -0.25) is 0 Å². The van der Waals surface area contributed by atoms with Crippen molar-refractivity contribution in [2.45, 2.75) is 6.92 Å². The summed E-state index contributed by atoms with van der Waals surface area (Å²) in [5.74, 6) is -0.348. The van der Waals surface area contributed by atoms with Gasteiger partial charge in [0.05, 0.1) is 12.7 Å². The summed E-state index contributed by atoms with van der Waals surface area (Å²) in [6.45, 7) is 1.95. The van der Waals surface area contributed by atoms with Crippen molar-refractivity contribution < 1.29 is 9.53 Å². The van der Waals surface area contributed by atoms with E-state index in [1.54, 1.807) is 0 Å². The van der Waals surface area contributed by atoms with Crippen LogP contribution in [0.25, 0.3) is 0 Å². The van der Waals surface area contributed by atoms with Gasteiger partial charge in [0.15, 0.2) is 0 Å². The van der Waals surface area contributed by atoms with Gasteiger partial charge in [-0.1, -0.05) is 0 Å². The second-order valence-electron chi connectivity index (χ2n) is 2.60. The minimum absolute atomic E-state index is 0.348. The summed E-state index contributed by atoms with van der Waals surface area (Å²) in [6, 6.07) is 3.74. The molecule has 0 N–H and O–H groups in total. The summed E-state index contributed by atoms with van der Waals surface area (Å²) in [5.41, 5.74) is 1.60. The summed E-state index contributed by atoms with van der Waals surface area (Å²) in [4.78, 5) is 11.3. The highest BCUT2D eigenvalue weighted by molar-refractivity contribution is 9.11. The van der Waals surface area contributed by atoms with Crippen LogP contribution in [-0.4, -0.2) is 13.1 Å². The Morgan fingerprint density at radius 2 is 1.77 bits per heavy atom. The fraction of sp³-hybridized carbons (Fsp3) is 0.222. The van der Waals surface area contributed by atoms with Gasteiger partial charge < -0.3 is 4.74 Å². The third-order valence-electron chi connectivity index (χ3n) is 1.58. The zero-order chi connectivity index (χ0) is 10.0. The van der Waals surface area contributed by atoms with E-state index in [1.807, 2.05) is 19.1 Å². The number of rotatable bonds is 1. The molecule has 0 heterocycles. The lowest BCUT2D eigenvalue weighted by Crippen LogP contribution is -2.03. The number of hydrogen-bond donors (Lipinski definition) is 0. The molecule has 70 valence electrons. The molecule has 1 aromatic rings. The molecule has 4 heteroatoms. The number of halogens is 2. The van der Waals surface area contributed by atoms with Gasteiger partial charge in [0.25, 0.3) is 0 Å². The summed E-state index contributed by atoms with van der Waals surface area (Å²) in [6.07, 6.45) is 0. The molecule has 0 bridgehead atoms. The Balaban J connectivity index is 3.28. The van der Waals surface area contributed by atoms with Crippen LogP contribution in [0.5, 0.6) is 0 Å². The Labute approximate surface area is 93.5 Å². The number of esters is 1. The van der Waals surface area contributed by atoms with Crippen LogP contribution in [0.3, 0.4) is 0 Å². The van der Waals surface area contributed by atoms with Crippen LogP contribution < -0.4 is 0 Å². The number of benzene rings is 1. The summed E-state index contributed by atoms with van der Waals surface area (Å²) in [7, 11) is 1.36. The Bertz CT molecular complexity index is 324. The number of hydrogen-bond acceptors (Lipinski definition) is 2. The van der Waals surface area contributed by atoms with E-state index in [2.05, 4.69) is 36.6 Å². The van der Waals surface area contributed by atoms with E-state index < -0.39 is 0 Å². The van der Waals surface area contributed by atoms with Crippen molar-refractivity contribution in [2.24, 2.45) is 0 Å². The number of carbonyl (C=O) groups is 1. The summed E-state index contributed by atoms with van der Waals surface area (Å²) >= 11 is 6.62. The summed E-state index contributed by atoms with van der Waals surface area (Å²) < 4.78 is 6.12. The molecule has 0 fully saturated rings. The fourth-order valence-corrected chi connectivity index (χ4v) is 2.74. The first kappa shape index (κ1) is 10.7. The predicted octanol–water partition coefficient (Wildman–Crippen LogP) is 3.31. The number of aryl methyl sites for hydroxylation is 1. The third kappa shape index (κ3) is 2.31. The van der Waals surface area contributed by atoms with Crippen molar-refractivity contribution in [1.29, 1.82) is 0 Å². The molecule has 0 saturated heterocycles. The molecule has 1 aromatic carbocycles. The minimum Gasteiger partial charge on any atom is -0.465 e. The van der Waals surface area contributed by atoms with Crippen LogP contribution in [0, 0.1) is 6.92 Å². The van der Waals surface area contributed by atoms with Gasteiger partial charge in [-0.25, -0.2) is 4.79 Å². The van der Waals surface area contributed by atoms with E-state index in [4.69, 9.17) is 0 Å². The maximum Gasteiger partial charge on any atom is 0.340 e. The average molecular weight is 308 g/mol. The van der Waals surface area contributed by atoms with Crippen molar-refractivity contribution in [3.05, 3.63) is 32.2 Å². The van der Waals surface area contributed by atoms with E-state index in [0.29, 0.717) is 5.56 Å². The first-order valence-electron chi connectivity index (χ1n) is 3.60. The molecule has 0 radical (unpaired) electrons. The Kier molecular flexibility index (Phi) is 3.50. The zero-order valence-electron chi connectivity index (χ0n) is 7.23. The normalized spacial score (nSPS) is 9.85. The molecule has 1 rings (SSSR count). The van der Waals surface area contributed by atoms with E-state index in [-0.39, 0.29) is 5.97 Å². The molecule has 0 unspecified atom stereocenters. The molecule has 0 saturated carbocycles. The third-order valence-corrected chi connectivity index (χ3v) is 2.83. The molecule has 0 aliphatic heterocycles. The molecule has 0 spiro atoms. The second kappa shape index (κ2) is 4.24. The van der Waals surface area contributed by atoms with E-state index >= 15 is 0 Å². The van der Waals surface area contributed by atoms with E-state index in [9.17, 15) is 4.79 Å². The van der Waals surface area contributed by atoms with Crippen LogP contribution in [0.15, 0.2) is 21.1 Å². The fourth-order valence-electron chi connectivity index (χ4n) is 0.997. The smallest absolute Gasteiger partial charge is 0.340 e. The molecule has 0 amide bonds. The van der Waals surface area contributed by atoms with Crippen molar-refractivity contribution in [1.82, 2.24) is 0 Å². The minimum atomic E-state index is -0.348. The Morgan fingerprint density at radius 1 is 1.31 bits per heavy atom. The summed E-state index contributed by atoms with van der Waals surface area (Å²) in [5, 5.41) is 0. The highest BCUT2D eigenvalue weighted by Crippen LogP contribution is 2.27. The first-order chi connectivity index (χ1) is 6.06. The standard InChI is InChI=1S/C9H8Br2O2/c1-5-3-6(10)8(7(11)4-5)9(12)13-2/h3-4H,1-2H3. The van der Waals surface area contributed by atoms with Crippen LogP contribution in [0.2, 0.25) is 0 Å². The van der Waals surface area contributed by atoms with E-state index in [0.717, 1.165) is 14.5 Å². The van der Waals surface area contributed by atoms with Crippen LogP contribution in [0.4, 0.5) is 0 Å². The quantitative estimate of drug-likeness (QED) is 0.744. The Hall–Kier alpha value is -0.350. The maximum atomic E-state index is 11.3. The molecular weight excluding hydrogens is 300 g/mol. The van der Waals surface area contributed by atoms with Gasteiger partial charge in [0, 0.05) is 8.95 Å². The van der Waals surface area contributed by atoms with Gasteiger partial charge in [0.1, 0.15) is 0 Å². The molecule has 0 aliphatic rings. The second-order valence-corrected chi connectivity index (χ2v) is 4.30. The maximum absolute atomic E-state index is 11.3. The lowest BCUT2D eigenvalue weighted by Gasteiger charge is -2.05. The monoisotopic (exact) mass is 306 g/mol. The highest BCUT2D eigenvalue weighted by atomic mass is 79.9. The predicted molar refractivity (Wildman–Crippen MR) is 57.9 cm³/mol. The molecule has 0 aromatic heterocycles. The van der Waals surface area contributed by atoms with Crippen molar-refractivity contribution in [2.75, 3.05) is 7.11 Å². The first-order valence-corrected chi connectivity index (χ1v) is 5.19. The molecular formula is C9H8Br2O2. The van der Waals surface area contributed by atoms with Gasteiger partial charge in [0.2, 0.25) is 0 Å². The van der Waals surface area contributed by atoms with E-state index in [1.165, 1.54) is 7.11 Å². The van der Waals surface area contributed by atoms with Gasteiger partial charge in [-0.05, 0) is 56.5 Å². The van der Waals surface area contributed by atoms with Crippen molar-refractivity contribution >= 4 is 37.8 Å². The zero-order valence-corrected chi connectivity index (χ0v) is 10.4. The van der Waals surface area contributed by atoms with Gasteiger partial charge in [-0.15, -0.1) is 0 Å². The van der Waals surface area contributed by atoms with Gasteiger partial charge >= 0.3 is 5.97 Å². The average Bonchev–Trinajstić information content (AvgIpc) is 2.02. The van der Waals surface area contributed by atoms with Crippen LogP contribution in [0.1, 0.15) is 15.9 Å². The van der Waals surface area contributed by atoms with Crippen molar-refractivity contribution in [3.8, 4) is 0 Å². The number of methoxy groups -OCH3 is 1.